The van der Waals surface area contributed by atoms with Crippen molar-refractivity contribution in [3.8, 4) is 11.8 Å². The van der Waals surface area contributed by atoms with Crippen molar-refractivity contribution in [2.75, 3.05) is 11.2 Å². The van der Waals surface area contributed by atoms with E-state index in [0.29, 0.717) is 11.4 Å². The molecule has 104 valence electrons. The van der Waals surface area contributed by atoms with Gasteiger partial charge in [0.25, 0.3) is 0 Å². The number of halogens is 1. The van der Waals surface area contributed by atoms with Crippen LogP contribution in [-0.2, 0) is 4.79 Å². The fraction of sp³-hybridized carbons (Fsp3) is 0.214. The maximum Gasteiger partial charge on any atom is 0.322 e. The smallest absolute Gasteiger partial charge is 0.322 e. The summed E-state index contributed by atoms with van der Waals surface area (Å²) in [7, 11) is 0. The lowest BCUT2D eigenvalue weighted by Gasteiger charge is -2.08. The van der Waals surface area contributed by atoms with E-state index >= 15 is 0 Å². The Morgan fingerprint density at radius 3 is 2.60 bits per heavy atom. The summed E-state index contributed by atoms with van der Waals surface area (Å²) >= 11 is 5.44. The normalized spacial score (nSPS) is 10.2. The summed E-state index contributed by atoms with van der Waals surface area (Å²) in [5, 5.41) is 2.65. The van der Waals surface area contributed by atoms with Crippen LogP contribution in [0.5, 0.6) is 11.8 Å². The van der Waals surface area contributed by atoms with E-state index in [2.05, 4.69) is 15.3 Å². The van der Waals surface area contributed by atoms with Crippen LogP contribution in [0.1, 0.15) is 11.4 Å². The first-order chi connectivity index (χ1) is 9.56. The molecule has 1 amide bonds. The van der Waals surface area contributed by atoms with Crippen LogP contribution in [0.25, 0.3) is 0 Å². The number of aryl methyl sites for hydroxylation is 2. The number of hydrogen-bond donors (Lipinski definition) is 1. The zero-order valence-corrected chi connectivity index (χ0v) is 11.9. The molecule has 0 fully saturated rings. The van der Waals surface area contributed by atoms with Crippen molar-refractivity contribution in [1.82, 2.24) is 9.97 Å². The number of rotatable bonds is 4. The van der Waals surface area contributed by atoms with E-state index < -0.39 is 0 Å². The Balaban J connectivity index is 2.17. The minimum Gasteiger partial charge on any atom is -0.424 e. The van der Waals surface area contributed by atoms with Crippen molar-refractivity contribution in [3.63, 3.8) is 0 Å². The van der Waals surface area contributed by atoms with Crippen molar-refractivity contribution in [1.29, 1.82) is 0 Å². The molecule has 6 heteroatoms. The molecule has 1 aromatic heterocycles. The summed E-state index contributed by atoms with van der Waals surface area (Å²) in [6, 6.07) is 9.11. The van der Waals surface area contributed by atoms with Gasteiger partial charge in [-0.1, -0.05) is 6.07 Å². The molecule has 0 aliphatic rings. The van der Waals surface area contributed by atoms with Crippen molar-refractivity contribution < 1.29 is 9.53 Å². The van der Waals surface area contributed by atoms with Gasteiger partial charge in [-0.2, -0.15) is 0 Å². The van der Waals surface area contributed by atoms with Gasteiger partial charge in [-0.25, -0.2) is 9.97 Å². The van der Waals surface area contributed by atoms with Gasteiger partial charge >= 0.3 is 6.01 Å². The lowest BCUT2D eigenvalue weighted by molar-refractivity contribution is -0.113. The molecule has 0 atom stereocenters. The number of alkyl halides is 1. The number of hydrogen-bond acceptors (Lipinski definition) is 4. The number of nitrogens with zero attached hydrogens (tertiary/aromatic N) is 2. The molecule has 2 rings (SSSR count). The molecule has 1 N–H and O–H groups in total. The van der Waals surface area contributed by atoms with E-state index in [1.165, 1.54) is 0 Å². The molecule has 20 heavy (non-hydrogen) atoms. The largest absolute Gasteiger partial charge is 0.424 e. The average Bonchev–Trinajstić information content (AvgIpc) is 2.37. The van der Waals surface area contributed by atoms with Gasteiger partial charge in [0.1, 0.15) is 11.6 Å². The van der Waals surface area contributed by atoms with E-state index in [9.17, 15) is 4.79 Å². The topological polar surface area (TPSA) is 64.1 Å². The fourth-order valence-corrected chi connectivity index (χ4v) is 1.74. The van der Waals surface area contributed by atoms with Gasteiger partial charge in [-0.05, 0) is 32.0 Å². The Labute approximate surface area is 122 Å². The van der Waals surface area contributed by atoms with Crippen molar-refractivity contribution in [3.05, 3.63) is 41.7 Å². The van der Waals surface area contributed by atoms with Crippen LogP contribution in [0.15, 0.2) is 30.3 Å². The first kappa shape index (κ1) is 14.3. The number of anilines is 1. The number of benzene rings is 1. The number of nitrogens with one attached hydrogen (secondary N) is 1. The second-order valence-corrected chi connectivity index (χ2v) is 4.51. The van der Waals surface area contributed by atoms with E-state index in [4.69, 9.17) is 16.3 Å². The lowest BCUT2D eigenvalue weighted by Crippen LogP contribution is -2.12. The molecule has 0 saturated heterocycles. The van der Waals surface area contributed by atoms with Crippen LogP contribution >= 0.6 is 11.6 Å². The average molecular weight is 292 g/mol. The molecule has 5 nitrogen and oxygen atoms in total. The van der Waals surface area contributed by atoms with Crippen LogP contribution in [0.3, 0.4) is 0 Å². The van der Waals surface area contributed by atoms with Gasteiger partial charge in [0.05, 0.1) is 0 Å². The maximum atomic E-state index is 11.2. The molecule has 0 bridgehead atoms. The third-order valence-corrected chi connectivity index (χ3v) is 2.65. The quantitative estimate of drug-likeness (QED) is 0.879. The summed E-state index contributed by atoms with van der Waals surface area (Å²) in [5.41, 5.74) is 2.27. The Morgan fingerprint density at radius 1 is 1.25 bits per heavy atom. The highest BCUT2D eigenvalue weighted by atomic mass is 35.5. The molecule has 0 saturated carbocycles. The monoisotopic (exact) mass is 291 g/mol. The zero-order valence-electron chi connectivity index (χ0n) is 11.2. The first-order valence-electron chi connectivity index (χ1n) is 6.03. The molecular formula is C14H14ClN3O2. The van der Waals surface area contributed by atoms with Crippen LogP contribution < -0.4 is 10.1 Å². The van der Waals surface area contributed by atoms with Gasteiger partial charge in [-0.3, -0.25) is 4.79 Å². The SMILES string of the molecule is Cc1cc(C)nc(Oc2cccc(NC(=O)CCl)c2)n1. The Kier molecular flexibility index (Phi) is 4.53. The Bertz CT molecular complexity index is 611. The third kappa shape index (κ3) is 3.93. The number of carbonyl (C=O) groups is 1. The van der Waals surface area contributed by atoms with Gasteiger partial charge in [0.2, 0.25) is 5.91 Å². The maximum absolute atomic E-state index is 11.2. The molecule has 1 heterocycles. The van der Waals surface area contributed by atoms with E-state index in [1.54, 1.807) is 24.3 Å². The van der Waals surface area contributed by atoms with Gasteiger partial charge in [0, 0.05) is 23.1 Å². The molecule has 0 aliphatic heterocycles. The van der Waals surface area contributed by atoms with Crippen LogP contribution in [0.4, 0.5) is 5.69 Å². The first-order valence-corrected chi connectivity index (χ1v) is 6.56. The molecule has 0 spiro atoms. The Morgan fingerprint density at radius 2 is 1.95 bits per heavy atom. The van der Waals surface area contributed by atoms with Crippen molar-refractivity contribution in [2.24, 2.45) is 0 Å². The van der Waals surface area contributed by atoms with E-state index in [-0.39, 0.29) is 17.8 Å². The highest BCUT2D eigenvalue weighted by Gasteiger charge is 2.05. The second-order valence-electron chi connectivity index (χ2n) is 4.24. The Hall–Kier alpha value is -2.14. The van der Waals surface area contributed by atoms with E-state index in [1.807, 2.05) is 19.9 Å². The lowest BCUT2D eigenvalue weighted by atomic mass is 10.3. The predicted octanol–water partition coefficient (Wildman–Crippen LogP) is 3.06. The second kappa shape index (κ2) is 6.34. The van der Waals surface area contributed by atoms with Crippen LogP contribution in [0.2, 0.25) is 0 Å². The van der Waals surface area contributed by atoms with E-state index in [0.717, 1.165) is 11.4 Å². The van der Waals surface area contributed by atoms with Gasteiger partial charge in [0.15, 0.2) is 0 Å². The third-order valence-electron chi connectivity index (χ3n) is 2.41. The summed E-state index contributed by atoms with van der Waals surface area (Å²) in [6.45, 7) is 3.75. The summed E-state index contributed by atoms with van der Waals surface area (Å²) in [4.78, 5) is 19.6. The van der Waals surface area contributed by atoms with Gasteiger partial charge < -0.3 is 10.1 Å². The standard InChI is InChI=1S/C14H14ClN3O2/c1-9-6-10(2)17-14(16-9)20-12-5-3-4-11(7-12)18-13(19)8-15/h3-7H,8H2,1-2H3,(H,18,19). The predicted molar refractivity (Wildman–Crippen MR) is 77.4 cm³/mol. The fourth-order valence-electron chi connectivity index (χ4n) is 1.68. The number of carbonyl (C=O) groups excluding carboxylic acids is 1. The molecule has 2 aromatic rings. The van der Waals surface area contributed by atoms with Gasteiger partial charge in [-0.15, -0.1) is 11.6 Å². The molecule has 0 unspecified atom stereocenters. The minimum absolute atomic E-state index is 0.0920. The summed E-state index contributed by atoms with van der Waals surface area (Å²) in [6.07, 6.45) is 0. The molecule has 0 radical (unpaired) electrons. The minimum atomic E-state index is -0.272. The van der Waals surface area contributed by atoms with Crippen LogP contribution in [-0.4, -0.2) is 21.8 Å². The summed E-state index contributed by atoms with van der Waals surface area (Å²) in [5.74, 6) is 0.180. The summed E-state index contributed by atoms with van der Waals surface area (Å²) < 4.78 is 5.59. The number of aromatic nitrogens is 2. The highest BCUT2D eigenvalue weighted by molar-refractivity contribution is 6.29. The van der Waals surface area contributed by atoms with Crippen molar-refractivity contribution >= 4 is 23.2 Å². The van der Waals surface area contributed by atoms with Crippen LogP contribution in [0, 0.1) is 13.8 Å². The molecular weight excluding hydrogens is 278 g/mol. The van der Waals surface area contributed by atoms with Crippen molar-refractivity contribution in [2.45, 2.75) is 13.8 Å². The highest BCUT2D eigenvalue weighted by Crippen LogP contribution is 2.22. The molecule has 1 aromatic carbocycles. The number of amides is 1. The zero-order chi connectivity index (χ0) is 14.5. The number of ether oxygens (including phenoxy) is 1. The molecule has 0 aliphatic carbocycles.